The highest BCUT2D eigenvalue weighted by Crippen LogP contribution is 2.18. The van der Waals surface area contributed by atoms with Gasteiger partial charge in [0, 0.05) is 25.0 Å². The molecule has 0 amide bonds. The van der Waals surface area contributed by atoms with E-state index in [9.17, 15) is 0 Å². The average Bonchev–Trinajstić information content (AvgIpc) is 2.29. The van der Waals surface area contributed by atoms with Crippen molar-refractivity contribution < 1.29 is 9.94 Å². The van der Waals surface area contributed by atoms with Gasteiger partial charge in [-0.05, 0) is 20.3 Å². The van der Waals surface area contributed by atoms with Crippen molar-refractivity contribution in [2.24, 2.45) is 10.9 Å². The Bertz CT molecular complexity index is 245. The number of oxime groups is 1. The third kappa shape index (κ3) is 3.35. The Balaban J connectivity index is 2.62. The minimum atomic E-state index is 0.262. The van der Waals surface area contributed by atoms with Crippen LogP contribution in [0.3, 0.4) is 0 Å². The summed E-state index contributed by atoms with van der Waals surface area (Å²) in [7, 11) is 0. The van der Waals surface area contributed by atoms with E-state index in [2.05, 4.69) is 30.8 Å². The molecule has 0 saturated carbocycles. The predicted octanol–water partition coefficient (Wildman–Crippen LogP) is 1.01. The average molecular weight is 229 g/mol. The summed E-state index contributed by atoms with van der Waals surface area (Å²) < 4.78 is 5.59. The highest BCUT2D eigenvalue weighted by molar-refractivity contribution is 5.80. The monoisotopic (exact) mass is 229 g/mol. The smallest absolute Gasteiger partial charge is 0.140 e. The molecule has 1 fully saturated rings. The van der Waals surface area contributed by atoms with Crippen LogP contribution in [-0.4, -0.2) is 47.3 Å². The van der Waals surface area contributed by atoms with Crippen LogP contribution in [0.1, 0.15) is 33.6 Å². The van der Waals surface area contributed by atoms with Crippen molar-refractivity contribution in [3.8, 4) is 0 Å². The molecule has 0 aromatic rings. The Morgan fingerprint density at radius 1 is 1.62 bits per heavy atom. The Morgan fingerprint density at radius 3 is 2.88 bits per heavy atom. The molecule has 0 spiro atoms. The van der Waals surface area contributed by atoms with Crippen molar-refractivity contribution in [1.29, 1.82) is 0 Å². The summed E-state index contributed by atoms with van der Waals surface area (Å²) in [5.41, 5.74) is 5.58. The lowest BCUT2D eigenvalue weighted by Gasteiger charge is -2.41. The van der Waals surface area contributed by atoms with Gasteiger partial charge in [-0.2, -0.15) is 0 Å². The van der Waals surface area contributed by atoms with Gasteiger partial charge < -0.3 is 15.7 Å². The predicted molar refractivity (Wildman–Crippen MR) is 63.7 cm³/mol. The second-order valence-corrected chi connectivity index (χ2v) is 4.55. The largest absolute Gasteiger partial charge is 0.409 e. The summed E-state index contributed by atoms with van der Waals surface area (Å²) in [6, 6.07) is 0.727. The molecule has 1 rings (SSSR count). The van der Waals surface area contributed by atoms with Crippen LogP contribution in [-0.2, 0) is 4.74 Å². The van der Waals surface area contributed by atoms with E-state index in [-0.39, 0.29) is 6.10 Å². The summed E-state index contributed by atoms with van der Waals surface area (Å²) in [4.78, 5) is 2.40. The van der Waals surface area contributed by atoms with E-state index in [1.54, 1.807) is 0 Å². The third-order valence-electron chi connectivity index (χ3n) is 3.17. The van der Waals surface area contributed by atoms with Gasteiger partial charge in [0.25, 0.3) is 0 Å². The molecule has 3 atom stereocenters. The van der Waals surface area contributed by atoms with Crippen LogP contribution in [0.25, 0.3) is 0 Å². The highest BCUT2D eigenvalue weighted by atomic mass is 16.5. The normalized spacial score (nSPS) is 30.3. The number of hydrogen-bond donors (Lipinski definition) is 2. The first-order valence-corrected chi connectivity index (χ1v) is 5.92. The molecule has 0 bridgehead atoms. The van der Waals surface area contributed by atoms with Gasteiger partial charge in [-0.3, -0.25) is 4.90 Å². The van der Waals surface area contributed by atoms with E-state index >= 15 is 0 Å². The molecule has 1 aliphatic heterocycles. The topological polar surface area (TPSA) is 71.1 Å². The summed E-state index contributed by atoms with van der Waals surface area (Å²) in [6.45, 7) is 8.03. The molecule has 1 heterocycles. The maximum Gasteiger partial charge on any atom is 0.140 e. The standard InChI is InChI=1S/C11H23N3O2/c1-4-10(5-11(12)13-15)14-6-9(3)16-7-8(14)2/h8-10,15H,4-7H2,1-3H3,(H2,12,13). The van der Waals surface area contributed by atoms with E-state index in [0.29, 0.717) is 24.3 Å². The van der Waals surface area contributed by atoms with Gasteiger partial charge in [-0.1, -0.05) is 12.1 Å². The van der Waals surface area contributed by atoms with Crippen LogP contribution in [0.4, 0.5) is 0 Å². The first-order valence-electron chi connectivity index (χ1n) is 5.92. The molecule has 0 aromatic carbocycles. The van der Waals surface area contributed by atoms with Gasteiger partial charge in [0.1, 0.15) is 5.84 Å². The van der Waals surface area contributed by atoms with E-state index in [1.165, 1.54) is 0 Å². The number of nitrogens with two attached hydrogens (primary N) is 1. The zero-order chi connectivity index (χ0) is 12.1. The van der Waals surface area contributed by atoms with Crippen molar-refractivity contribution in [1.82, 2.24) is 4.90 Å². The molecule has 0 aliphatic carbocycles. The van der Waals surface area contributed by atoms with Gasteiger partial charge >= 0.3 is 0 Å². The molecule has 5 heteroatoms. The lowest BCUT2D eigenvalue weighted by atomic mass is 10.0. The van der Waals surface area contributed by atoms with E-state index < -0.39 is 0 Å². The SMILES string of the molecule is CCC(C/C(N)=N/O)N1CC(C)OCC1C. The molecule has 5 nitrogen and oxygen atoms in total. The zero-order valence-electron chi connectivity index (χ0n) is 10.4. The second-order valence-electron chi connectivity index (χ2n) is 4.55. The fourth-order valence-corrected chi connectivity index (χ4v) is 2.22. The molecule has 16 heavy (non-hydrogen) atoms. The van der Waals surface area contributed by atoms with Gasteiger partial charge in [-0.25, -0.2) is 0 Å². The van der Waals surface area contributed by atoms with Gasteiger partial charge in [0.2, 0.25) is 0 Å². The van der Waals surface area contributed by atoms with E-state index in [1.807, 2.05) is 0 Å². The lowest BCUT2D eigenvalue weighted by molar-refractivity contribution is -0.0655. The Kier molecular flexibility index (Phi) is 5.02. The Morgan fingerprint density at radius 2 is 2.31 bits per heavy atom. The molecule has 3 unspecified atom stereocenters. The molecular weight excluding hydrogens is 206 g/mol. The van der Waals surface area contributed by atoms with Crippen molar-refractivity contribution >= 4 is 5.84 Å². The maximum absolute atomic E-state index is 8.62. The number of morpholine rings is 1. The van der Waals surface area contributed by atoms with Gasteiger partial charge in [0.15, 0.2) is 0 Å². The number of nitrogens with zero attached hydrogens (tertiary/aromatic N) is 2. The van der Waals surface area contributed by atoms with Crippen molar-refractivity contribution in [3.63, 3.8) is 0 Å². The summed E-state index contributed by atoms with van der Waals surface area (Å²) in [5.74, 6) is 0.304. The fraction of sp³-hybridized carbons (Fsp3) is 0.909. The van der Waals surface area contributed by atoms with Gasteiger partial charge in [0.05, 0.1) is 12.7 Å². The van der Waals surface area contributed by atoms with E-state index in [0.717, 1.165) is 19.6 Å². The summed E-state index contributed by atoms with van der Waals surface area (Å²) >= 11 is 0. The Labute approximate surface area is 97.2 Å². The zero-order valence-corrected chi connectivity index (χ0v) is 10.4. The van der Waals surface area contributed by atoms with Crippen molar-refractivity contribution in [3.05, 3.63) is 0 Å². The molecule has 1 aliphatic rings. The second kappa shape index (κ2) is 6.06. The minimum Gasteiger partial charge on any atom is -0.409 e. The molecule has 94 valence electrons. The molecule has 3 N–H and O–H groups in total. The van der Waals surface area contributed by atoms with Crippen LogP contribution in [0.5, 0.6) is 0 Å². The minimum absolute atomic E-state index is 0.262. The van der Waals surface area contributed by atoms with Crippen LogP contribution >= 0.6 is 0 Å². The van der Waals surface area contributed by atoms with Crippen molar-refractivity contribution in [2.75, 3.05) is 13.2 Å². The quantitative estimate of drug-likeness (QED) is 0.327. The number of hydrogen-bond acceptors (Lipinski definition) is 4. The number of ether oxygens (including phenoxy) is 1. The van der Waals surface area contributed by atoms with E-state index in [4.69, 9.17) is 15.7 Å². The van der Waals surface area contributed by atoms with Crippen LogP contribution in [0, 0.1) is 0 Å². The molecule has 0 radical (unpaired) electrons. The highest BCUT2D eigenvalue weighted by Gasteiger charge is 2.29. The lowest BCUT2D eigenvalue weighted by Crippen LogP contribution is -2.52. The van der Waals surface area contributed by atoms with Crippen molar-refractivity contribution in [2.45, 2.75) is 51.8 Å². The van der Waals surface area contributed by atoms with Crippen LogP contribution < -0.4 is 5.73 Å². The molecule has 0 aromatic heterocycles. The molecular formula is C11H23N3O2. The summed E-state index contributed by atoms with van der Waals surface area (Å²) in [6.07, 6.45) is 1.87. The first-order chi connectivity index (χ1) is 7.58. The number of rotatable bonds is 4. The first kappa shape index (κ1) is 13.3. The van der Waals surface area contributed by atoms with Crippen LogP contribution in [0.2, 0.25) is 0 Å². The summed E-state index contributed by atoms with van der Waals surface area (Å²) in [5, 5.41) is 11.7. The Hall–Kier alpha value is -0.810. The molecule has 1 saturated heterocycles. The number of amidine groups is 1. The maximum atomic E-state index is 8.62. The van der Waals surface area contributed by atoms with Crippen LogP contribution in [0.15, 0.2) is 5.16 Å². The fourth-order valence-electron chi connectivity index (χ4n) is 2.22. The van der Waals surface area contributed by atoms with Gasteiger partial charge in [-0.15, -0.1) is 0 Å². The third-order valence-corrected chi connectivity index (χ3v) is 3.17.